The fraction of sp³-hybridized carbons (Fsp3) is 0.870. The van der Waals surface area contributed by atoms with Crippen molar-refractivity contribution in [2.75, 3.05) is 6.61 Å². The molecule has 0 saturated heterocycles. The first-order chi connectivity index (χ1) is 12.9. The fourth-order valence-corrected chi connectivity index (χ4v) is 3.71. The smallest absolute Gasteiger partial charge is 0.108 e. The maximum Gasteiger partial charge on any atom is 0.108 e. The summed E-state index contributed by atoms with van der Waals surface area (Å²) in [7, 11) is 0. The van der Waals surface area contributed by atoms with Crippen LogP contribution in [0.5, 0.6) is 0 Å². The van der Waals surface area contributed by atoms with E-state index in [9.17, 15) is 0 Å². The summed E-state index contributed by atoms with van der Waals surface area (Å²) in [6.45, 7) is 3.16. The molecule has 3 heteroatoms. The van der Waals surface area contributed by atoms with Crippen molar-refractivity contribution in [2.45, 2.75) is 123 Å². The van der Waals surface area contributed by atoms with Gasteiger partial charge in [0, 0.05) is 25.4 Å². The number of imidazole rings is 1. The molecule has 0 atom stereocenters. The van der Waals surface area contributed by atoms with Crippen molar-refractivity contribution in [3.05, 3.63) is 18.2 Å². The van der Waals surface area contributed by atoms with Crippen LogP contribution in [0.25, 0.3) is 0 Å². The molecule has 1 N–H and O–H groups in total. The quantitative estimate of drug-likeness (QED) is 0.278. The summed E-state index contributed by atoms with van der Waals surface area (Å²) in [6, 6.07) is 0. The lowest BCUT2D eigenvalue weighted by Crippen LogP contribution is -2.06. The highest BCUT2D eigenvalue weighted by molar-refractivity contribution is 4.92. The molecule has 1 heterocycles. The Labute approximate surface area is 162 Å². The van der Waals surface area contributed by atoms with Gasteiger partial charge in [-0.3, -0.25) is 0 Å². The van der Waals surface area contributed by atoms with Gasteiger partial charge in [0.2, 0.25) is 0 Å². The van der Waals surface area contributed by atoms with Crippen LogP contribution in [0.15, 0.2) is 12.4 Å². The summed E-state index contributed by atoms with van der Waals surface area (Å²) in [5, 5.41) is 9.03. The molecule has 0 saturated carbocycles. The van der Waals surface area contributed by atoms with E-state index in [1.54, 1.807) is 0 Å². The summed E-state index contributed by atoms with van der Waals surface area (Å²) in [5.74, 6) is 1.13. The number of aliphatic hydroxyl groups is 1. The number of hydrogen-bond acceptors (Lipinski definition) is 2. The molecule has 0 fully saturated rings. The van der Waals surface area contributed by atoms with E-state index in [2.05, 4.69) is 16.5 Å². The van der Waals surface area contributed by atoms with Crippen LogP contribution in [0.1, 0.15) is 115 Å². The van der Waals surface area contributed by atoms with Crippen molar-refractivity contribution in [3.63, 3.8) is 0 Å². The highest BCUT2D eigenvalue weighted by Gasteiger charge is 2.01. The van der Waals surface area contributed by atoms with Crippen molar-refractivity contribution in [3.8, 4) is 0 Å². The molecule has 0 aliphatic rings. The first-order valence-electron chi connectivity index (χ1n) is 11.5. The predicted molar refractivity (Wildman–Crippen MR) is 113 cm³/mol. The van der Waals surface area contributed by atoms with Crippen LogP contribution >= 0.6 is 0 Å². The fourth-order valence-electron chi connectivity index (χ4n) is 3.71. The molecule has 0 aliphatic carbocycles. The minimum absolute atomic E-state index is 0.197. The third kappa shape index (κ3) is 12.5. The summed E-state index contributed by atoms with van der Waals surface area (Å²) in [4.78, 5) is 4.39. The summed E-state index contributed by atoms with van der Waals surface area (Å²) in [6.07, 6.45) is 27.4. The standard InChI is InChI=1S/C23H44N2O/c1-2-3-4-5-6-7-8-9-10-11-12-13-14-15-16-17-18-23-24-19-20-25(23)21-22-26/h19-20,26H,2-18,21-22H2,1H3. The van der Waals surface area contributed by atoms with Crippen LogP contribution < -0.4 is 0 Å². The van der Waals surface area contributed by atoms with Crippen LogP contribution in [-0.4, -0.2) is 21.3 Å². The van der Waals surface area contributed by atoms with Gasteiger partial charge in [-0.2, -0.15) is 0 Å². The van der Waals surface area contributed by atoms with Crippen molar-refractivity contribution < 1.29 is 5.11 Å². The van der Waals surface area contributed by atoms with E-state index in [0.29, 0.717) is 6.54 Å². The highest BCUT2D eigenvalue weighted by Crippen LogP contribution is 2.14. The number of unbranched alkanes of at least 4 members (excludes halogenated alkanes) is 15. The number of aromatic nitrogens is 2. The molecular weight excluding hydrogens is 320 g/mol. The molecule has 3 nitrogen and oxygen atoms in total. The molecule has 0 bridgehead atoms. The third-order valence-electron chi connectivity index (χ3n) is 5.40. The Balaban J connectivity index is 1.78. The lowest BCUT2D eigenvalue weighted by atomic mass is 10.0. The van der Waals surface area contributed by atoms with Gasteiger partial charge in [0.05, 0.1) is 6.61 Å². The predicted octanol–water partition coefficient (Wildman–Crippen LogP) is 6.68. The van der Waals surface area contributed by atoms with E-state index < -0.39 is 0 Å². The molecule has 0 spiro atoms. The first kappa shape index (κ1) is 23.2. The average Bonchev–Trinajstić information content (AvgIpc) is 3.09. The third-order valence-corrected chi connectivity index (χ3v) is 5.40. The monoisotopic (exact) mass is 364 g/mol. The molecule has 26 heavy (non-hydrogen) atoms. The zero-order valence-electron chi connectivity index (χ0n) is 17.4. The second kappa shape index (κ2) is 17.6. The highest BCUT2D eigenvalue weighted by atomic mass is 16.3. The summed E-state index contributed by atoms with van der Waals surface area (Å²) >= 11 is 0. The van der Waals surface area contributed by atoms with Gasteiger partial charge in [0.25, 0.3) is 0 Å². The zero-order chi connectivity index (χ0) is 18.7. The Morgan fingerprint density at radius 1 is 0.731 bits per heavy atom. The number of aryl methyl sites for hydroxylation is 1. The van der Waals surface area contributed by atoms with E-state index in [-0.39, 0.29) is 6.61 Å². The molecule has 1 aromatic heterocycles. The Morgan fingerprint density at radius 3 is 1.65 bits per heavy atom. The maximum absolute atomic E-state index is 9.03. The zero-order valence-corrected chi connectivity index (χ0v) is 17.4. The topological polar surface area (TPSA) is 38.0 Å². The van der Waals surface area contributed by atoms with Crippen LogP contribution in [0, 0.1) is 0 Å². The van der Waals surface area contributed by atoms with Gasteiger partial charge in [0.1, 0.15) is 5.82 Å². The van der Waals surface area contributed by atoms with Gasteiger partial charge < -0.3 is 9.67 Å². The van der Waals surface area contributed by atoms with Crippen LogP contribution in [-0.2, 0) is 13.0 Å². The first-order valence-corrected chi connectivity index (χ1v) is 11.5. The normalized spacial score (nSPS) is 11.3. The molecule has 152 valence electrons. The van der Waals surface area contributed by atoms with Gasteiger partial charge in [-0.15, -0.1) is 0 Å². The van der Waals surface area contributed by atoms with Crippen LogP contribution in [0.4, 0.5) is 0 Å². The van der Waals surface area contributed by atoms with E-state index in [0.717, 1.165) is 12.2 Å². The van der Waals surface area contributed by atoms with E-state index in [4.69, 9.17) is 5.11 Å². The Hall–Kier alpha value is -0.830. The van der Waals surface area contributed by atoms with Gasteiger partial charge in [-0.05, 0) is 6.42 Å². The molecule has 0 aromatic carbocycles. The molecule has 1 rings (SSSR count). The maximum atomic E-state index is 9.03. The van der Waals surface area contributed by atoms with Crippen molar-refractivity contribution in [1.82, 2.24) is 9.55 Å². The van der Waals surface area contributed by atoms with E-state index >= 15 is 0 Å². The average molecular weight is 365 g/mol. The molecule has 0 radical (unpaired) electrons. The van der Waals surface area contributed by atoms with Crippen LogP contribution in [0.2, 0.25) is 0 Å². The number of aliphatic hydroxyl groups excluding tert-OH is 1. The lowest BCUT2D eigenvalue weighted by molar-refractivity contribution is 0.274. The molecule has 1 aromatic rings. The van der Waals surface area contributed by atoms with Gasteiger partial charge in [-0.1, -0.05) is 103 Å². The number of hydrogen-bond donors (Lipinski definition) is 1. The van der Waals surface area contributed by atoms with E-state index in [1.807, 2.05) is 12.4 Å². The Morgan fingerprint density at radius 2 is 1.19 bits per heavy atom. The Kier molecular flexibility index (Phi) is 15.7. The SMILES string of the molecule is CCCCCCCCCCCCCCCCCCc1nccn1CCO. The molecule has 0 amide bonds. The van der Waals surface area contributed by atoms with Gasteiger partial charge in [-0.25, -0.2) is 4.98 Å². The largest absolute Gasteiger partial charge is 0.395 e. The molecule has 0 aliphatic heterocycles. The van der Waals surface area contributed by atoms with Crippen LogP contribution in [0.3, 0.4) is 0 Å². The summed E-state index contributed by atoms with van der Waals surface area (Å²) in [5.41, 5.74) is 0. The van der Waals surface area contributed by atoms with Crippen molar-refractivity contribution in [2.24, 2.45) is 0 Å². The lowest BCUT2D eigenvalue weighted by Gasteiger charge is -2.06. The minimum Gasteiger partial charge on any atom is -0.395 e. The Bertz CT molecular complexity index is 403. The second-order valence-electron chi connectivity index (χ2n) is 7.81. The molecule has 0 unspecified atom stereocenters. The second-order valence-corrected chi connectivity index (χ2v) is 7.81. The number of rotatable bonds is 19. The van der Waals surface area contributed by atoms with Crippen molar-refractivity contribution in [1.29, 1.82) is 0 Å². The van der Waals surface area contributed by atoms with Gasteiger partial charge >= 0.3 is 0 Å². The molecular formula is C23H44N2O. The summed E-state index contributed by atoms with van der Waals surface area (Å²) < 4.78 is 2.07. The van der Waals surface area contributed by atoms with Gasteiger partial charge in [0.15, 0.2) is 0 Å². The number of nitrogens with zero attached hydrogens (tertiary/aromatic N) is 2. The van der Waals surface area contributed by atoms with E-state index in [1.165, 1.54) is 103 Å². The van der Waals surface area contributed by atoms with Crippen molar-refractivity contribution >= 4 is 0 Å². The minimum atomic E-state index is 0.197.